The van der Waals surface area contributed by atoms with E-state index in [0.29, 0.717) is 11.3 Å². The lowest BCUT2D eigenvalue weighted by molar-refractivity contribution is 0.101. The van der Waals surface area contributed by atoms with Crippen molar-refractivity contribution in [3.05, 3.63) is 59.9 Å². The highest BCUT2D eigenvalue weighted by atomic mass is 16.5. The number of carbonyl (C=O) groups excluding carboxylic acids is 2. The molecule has 102 valence electrons. The lowest BCUT2D eigenvalue weighted by atomic mass is 10.2. The first-order chi connectivity index (χ1) is 9.66. The van der Waals surface area contributed by atoms with Crippen LogP contribution in [0.15, 0.2) is 48.8 Å². The number of aromatic nitrogens is 1. The van der Waals surface area contributed by atoms with E-state index in [0.717, 1.165) is 5.56 Å². The fraction of sp³-hybridized carbons (Fsp3) is 0.133. The summed E-state index contributed by atoms with van der Waals surface area (Å²) in [5.74, 6) is -0.170. The van der Waals surface area contributed by atoms with Gasteiger partial charge in [0, 0.05) is 12.4 Å². The van der Waals surface area contributed by atoms with Crippen molar-refractivity contribution in [1.82, 2.24) is 4.98 Å². The minimum Gasteiger partial charge on any atom is -0.444 e. The van der Waals surface area contributed by atoms with Gasteiger partial charge in [-0.15, -0.1) is 0 Å². The SMILES string of the molecule is CC(=O)c1cnccc1NC(=O)OCc1ccccc1. The number of rotatable bonds is 4. The molecule has 0 fully saturated rings. The summed E-state index contributed by atoms with van der Waals surface area (Å²) in [6.07, 6.45) is 2.30. The zero-order chi connectivity index (χ0) is 14.4. The van der Waals surface area contributed by atoms with Crippen LogP contribution in [0.25, 0.3) is 0 Å². The monoisotopic (exact) mass is 270 g/mol. The van der Waals surface area contributed by atoms with Crippen LogP contribution in [0.4, 0.5) is 10.5 Å². The second-order valence-electron chi connectivity index (χ2n) is 4.16. The van der Waals surface area contributed by atoms with Crippen LogP contribution in [0, 0.1) is 0 Å². The molecule has 0 aliphatic carbocycles. The van der Waals surface area contributed by atoms with Crippen LogP contribution in [-0.2, 0) is 11.3 Å². The average molecular weight is 270 g/mol. The maximum atomic E-state index is 11.7. The lowest BCUT2D eigenvalue weighted by Crippen LogP contribution is -2.15. The van der Waals surface area contributed by atoms with E-state index in [2.05, 4.69) is 10.3 Å². The van der Waals surface area contributed by atoms with Crippen LogP contribution in [-0.4, -0.2) is 16.9 Å². The molecule has 0 atom stereocenters. The Labute approximate surface area is 116 Å². The molecule has 0 radical (unpaired) electrons. The molecule has 20 heavy (non-hydrogen) atoms. The van der Waals surface area contributed by atoms with Crippen LogP contribution >= 0.6 is 0 Å². The van der Waals surface area contributed by atoms with Crippen molar-refractivity contribution in [3.8, 4) is 0 Å². The molecule has 0 bridgehead atoms. The smallest absolute Gasteiger partial charge is 0.411 e. The van der Waals surface area contributed by atoms with Crippen molar-refractivity contribution in [2.24, 2.45) is 0 Å². The molecular formula is C15H14N2O3. The molecule has 1 N–H and O–H groups in total. The lowest BCUT2D eigenvalue weighted by Gasteiger charge is -2.09. The summed E-state index contributed by atoms with van der Waals surface area (Å²) >= 11 is 0. The molecule has 0 unspecified atom stereocenters. The van der Waals surface area contributed by atoms with Gasteiger partial charge in [0.1, 0.15) is 6.61 Å². The van der Waals surface area contributed by atoms with E-state index in [-0.39, 0.29) is 12.4 Å². The Morgan fingerprint density at radius 1 is 1.20 bits per heavy atom. The summed E-state index contributed by atoms with van der Waals surface area (Å²) in [5, 5.41) is 2.54. The van der Waals surface area contributed by atoms with Crippen molar-refractivity contribution in [2.45, 2.75) is 13.5 Å². The second kappa shape index (κ2) is 6.47. The first-order valence-electron chi connectivity index (χ1n) is 6.09. The van der Waals surface area contributed by atoms with Crippen LogP contribution in [0.5, 0.6) is 0 Å². The van der Waals surface area contributed by atoms with Gasteiger partial charge in [0.2, 0.25) is 0 Å². The Kier molecular flexibility index (Phi) is 4.44. The molecule has 2 aromatic rings. The van der Waals surface area contributed by atoms with Crippen molar-refractivity contribution in [3.63, 3.8) is 0 Å². The second-order valence-corrected chi connectivity index (χ2v) is 4.16. The largest absolute Gasteiger partial charge is 0.444 e. The topological polar surface area (TPSA) is 68.3 Å². The highest BCUT2D eigenvalue weighted by Crippen LogP contribution is 2.14. The maximum absolute atomic E-state index is 11.7. The fourth-order valence-electron chi connectivity index (χ4n) is 1.65. The standard InChI is InChI=1S/C15H14N2O3/c1-11(18)13-9-16-8-7-14(13)17-15(19)20-10-12-5-3-2-4-6-12/h2-9H,10H2,1H3,(H,16,17,19). The summed E-state index contributed by atoms with van der Waals surface area (Å²) < 4.78 is 5.08. The number of anilines is 1. The van der Waals surface area contributed by atoms with E-state index in [4.69, 9.17) is 4.74 Å². The number of amides is 1. The zero-order valence-electron chi connectivity index (χ0n) is 11.0. The Balaban J connectivity index is 1.97. The summed E-state index contributed by atoms with van der Waals surface area (Å²) in [6.45, 7) is 1.59. The number of pyridine rings is 1. The number of nitrogens with one attached hydrogen (secondary N) is 1. The molecule has 0 saturated heterocycles. The molecule has 1 amide bonds. The van der Waals surface area contributed by atoms with Gasteiger partial charge < -0.3 is 4.74 Å². The number of hydrogen-bond acceptors (Lipinski definition) is 4. The summed E-state index contributed by atoms with van der Waals surface area (Å²) in [6, 6.07) is 10.9. The Bertz CT molecular complexity index is 612. The van der Waals surface area contributed by atoms with Gasteiger partial charge >= 0.3 is 6.09 Å². The van der Waals surface area contributed by atoms with E-state index in [1.807, 2.05) is 30.3 Å². The zero-order valence-corrected chi connectivity index (χ0v) is 11.0. The number of benzene rings is 1. The minimum atomic E-state index is -0.609. The predicted molar refractivity (Wildman–Crippen MR) is 74.5 cm³/mol. The first kappa shape index (κ1) is 13.7. The van der Waals surface area contributed by atoms with Gasteiger partial charge in [-0.2, -0.15) is 0 Å². The summed E-state index contributed by atoms with van der Waals surface area (Å²) in [7, 11) is 0. The van der Waals surface area contributed by atoms with Gasteiger partial charge in [0.05, 0.1) is 11.3 Å². The molecule has 0 saturated carbocycles. The van der Waals surface area contributed by atoms with Crippen LogP contribution < -0.4 is 5.32 Å². The van der Waals surface area contributed by atoms with Gasteiger partial charge in [-0.05, 0) is 18.6 Å². The molecule has 1 aromatic heterocycles. The van der Waals surface area contributed by atoms with E-state index in [1.165, 1.54) is 19.3 Å². The van der Waals surface area contributed by atoms with Crippen LogP contribution in [0.1, 0.15) is 22.8 Å². The number of nitrogens with zero attached hydrogens (tertiary/aromatic N) is 1. The average Bonchev–Trinajstić information content (AvgIpc) is 2.46. The Hall–Kier alpha value is -2.69. The van der Waals surface area contributed by atoms with Crippen LogP contribution in [0.2, 0.25) is 0 Å². The van der Waals surface area contributed by atoms with E-state index >= 15 is 0 Å². The third-order valence-electron chi connectivity index (χ3n) is 2.65. The van der Waals surface area contributed by atoms with Gasteiger partial charge in [-0.1, -0.05) is 30.3 Å². The molecule has 2 rings (SSSR count). The number of carbonyl (C=O) groups is 2. The van der Waals surface area contributed by atoms with Crippen molar-refractivity contribution in [1.29, 1.82) is 0 Å². The number of Topliss-reactive ketones (excluding diaryl/α,β-unsaturated/α-hetero) is 1. The minimum absolute atomic E-state index is 0.170. The Morgan fingerprint density at radius 2 is 1.95 bits per heavy atom. The molecule has 5 heteroatoms. The highest BCUT2D eigenvalue weighted by Gasteiger charge is 2.10. The van der Waals surface area contributed by atoms with Crippen molar-refractivity contribution in [2.75, 3.05) is 5.32 Å². The number of ether oxygens (including phenoxy) is 1. The molecular weight excluding hydrogens is 256 g/mol. The normalized spacial score (nSPS) is 9.85. The molecule has 1 heterocycles. The van der Waals surface area contributed by atoms with Gasteiger partial charge in [0.15, 0.2) is 5.78 Å². The number of hydrogen-bond donors (Lipinski definition) is 1. The predicted octanol–water partition coefficient (Wildman–Crippen LogP) is 3.03. The van der Waals surface area contributed by atoms with E-state index < -0.39 is 6.09 Å². The summed E-state index contributed by atoms with van der Waals surface area (Å²) in [4.78, 5) is 26.9. The molecule has 0 spiro atoms. The number of ketones is 1. The van der Waals surface area contributed by atoms with Crippen molar-refractivity contribution < 1.29 is 14.3 Å². The third-order valence-corrected chi connectivity index (χ3v) is 2.65. The molecule has 0 aliphatic heterocycles. The Morgan fingerprint density at radius 3 is 2.65 bits per heavy atom. The molecule has 0 aliphatic rings. The fourth-order valence-corrected chi connectivity index (χ4v) is 1.65. The highest BCUT2D eigenvalue weighted by molar-refractivity contribution is 6.02. The van der Waals surface area contributed by atoms with Crippen LogP contribution in [0.3, 0.4) is 0 Å². The summed E-state index contributed by atoms with van der Waals surface area (Å²) in [5.41, 5.74) is 1.64. The quantitative estimate of drug-likeness (QED) is 0.867. The maximum Gasteiger partial charge on any atom is 0.411 e. The van der Waals surface area contributed by atoms with E-state index in [9.17, 15) is 9.59 Å². The molecule has 1 aromatic carbocycles. The van der Waals surface area contributed by atoms with Gasteiger partial charge in [-0.3, -0.25) is 15.1 Å². The third kappa shape index (κ3) is 3.65. The van der Waals surface area contributed by atoms with Gasteiger partial charge in [-0.25, -0.2) is 4.79 Å². The molecule has 5 nitrogen and oxygen atoms in total. The first-order valence-corrected chi connectivity index (χ1v) is 6.09. The van der Waals surface area contributed by atoms with Crippen molar-refractivity contribution >= 4 is 17.6 Å². The van der Waals surface area contributed by atoms with Gasteiger partial charge in [0.25, 0.3) is 0 Å². The van der Waals surface area contributed by atoms with E-state index in [1.54, 1.807) is 6.07 Å².